The fraction of sp³-hybridized carbons (Fsp3) is 0.545. The van der Waals surface area contributed by atoms with Crippen LogP contribution in [-0.2, 0) is 6.54 Å². The van der Waals surface area contributed by atoms with Crippen molar-refractivity contribution in [3.63, 3.8) is 0 Å². The van der Waals surface area contributed by atoms with Crippen LogP contribution in [0.3, 0.4) is 0 Å². The van der Waals surface area contributed by atoms with Crippen molar-refractivity contribution in [2.45, 2.75) is 25.4 Å². The number of nitrogens with zero attached hydrogens (tertiary/aromatic N) is 2. The van der Waals surface area contributed by atoms with Gasteiger partial charge < -0.3 is 5.11 Å². The van der Waals surface area contributed by atoms with Crippen LogP contribution in [0.25, 0.3) is 0 Å². The van der Waals surface area contributed by atoms with E-state index in [2.05, 4.69) is 9.88 Å². The fourth-order valence-corrected chi connectivity index (χ4v) is 1.78. The molecule has 1 aliphatic rings. The zero-order valence-corrected chi connectivity index (χ0v) is 9.32. The van der Waals surface area contributed by atoms with Crippen LogP contribution in [0.1, 0.15) is 18.5 Å². The van der Waals surface area contributed by atoms with Crippen molar-refractivity contribution in [2.75, 3.05) is 13.2 Å². The van der Waals surface area contributed by atoms with Crippen molar-refractivity contribution in [2.24, 2.45) is 0 Å². The zero-order chi connectivity index (χ0) is 10.7. The van der Waals surface area contributed by atoms with Gasteiger partial charge in [0.25, 0.3) is 0 Å². The standard InChI is InChI=1S/C11H15ClN2O/c12-9-1-2-10(13-7-9)8-14(5-6-15)11-3-4-11/h1-2,7,11,15H,3-6,8H2. The summed E-state index contributed by atoms with van der Waals surface area (Å²) >= 11 is 5.77. The van der Waals surface area contributed by atoms with Gasteiger partial charge in [0.05, 0.1) is 17.3 Å². The summed E-state index contributed by atoms with van der Waals surface area (Å²) in [5.41, 5.74) is 1.01. The lowest BCUT2D eigenvalue weighted by Crippen LogP contribution is -2.28. The van der Waals surface area contributed by atoms with E-state index in [0.717, 1.165) is 18.8 Å². The number of pyridine rings is 1. The second-order valence-corrected chi connectivity index (χ2v) is 4.33. The molecule has 2 rings (SSSR count). The van der Waals surface area contributed by atoms with Crippen LogP contribution in [0, 0.1) is 0 Å². The number of hydrogen-bond acceptors (Lipinski definition) is 3. The van der Waals surface area contributed by atoms with Crippen molar-refractivity contribution < 1.29 is 5.11 Å². The highest BCUT2D eigenvalue weighted by atomic mass is 35.5. The van der Waals surface area contributed by atoms with Gasteiger partial charge in [0, 0.05) is 25.3 Å². The Morgan fingerprint density at radius 2 is 2.27 bits per heavy atom. The van der Waals surface area contributed by atoms with Crippen molar-refractivity contribution >= 4 is 11.6 Å². The summed E-state index contributed by atoms with van der Waals surface area (Å²) in [4.78, 5) is 6.53. The minimum Gasteiger partial charge on any atom is -0.395 e. The van der Waals surface area contributed by atoms with E-state index in [1.54, 1.807) is 6.20 Å². The molecule has 1 saturated carbocycles. The second-order valence-electron chi connectivity index (χ2n) is 3.89. The van der Waals surface area contributed by atoms with Gasteiger partial charge in [0.1, 0.15) is 0 Å². The van der Waals surface area contributed by atoms with Gasteiger partial charge in [0.15, 0.2) is 0 Å². The molecule has 1 aliphatic carbocycles. The fourth-order valence-electron chi connectivity index (χ4n) is 1.67. The Balaban J connectivity index is 1.95. The number of aliphatic hydroxyl groups excluding tert-OH is 1. The summed E-state index contributed by atoms with van der Waals surface area (Å²) in [5, 5.41) is 9.62. The summed E-state index contributed by atoms with van der Waals surface area (Å²) < 4.78 is 0. The minimum absolute atomic E-state index is 0.212. The maximum Gasteiger partial charge on any atom is 0.0589 e. The third-order valence-electron chi connectivity index (χ3n) is 2.60. The molecule has 0 spiro atoms. The minimum atomic E-state index is 0.212. The summed E-state index contributed by atoms with van der Waals surface area (Å²) in [5.74, 6) is 0. The van der Waals surface area contributed by atoms with E-state index in [4.69, 9.17) is 16.7 Å². The molecule has 0 aromatic carbocycles. The van der Waals surface area contributed by atoms with Crippen molar-refractivity contribution in [3.05, 3.63) is 29.0 Å². The highest BCUT2D eigenvalue weighted by molar-refractivity contribution is 6.30. The summed E-state index contributed by atoms with van der Waals surface area (Å²) in [6.45, 7) is 1.75. The van der Waals surface area contributed by atoms with E-state index < -0.39 is 0 Å². The molecule has 1 aromatic heterocycles. The molecule has 1 fully saturated rings. The molecule has 0 bridgehead atoms. The van der Waals surface area contributed by atoms with Gasteiger partial charge in [-0.15, -0.1) is 0 Å². The topological polar surface area (TPSA) is 36.4 Å². The van der Waals surface area contributed by atoms with Gasteiger partial charge in [-0.05, 0) is 25.0 Å². The lowest BCUT2D eigenvalue weighted by Gasteiger charge is -2.20. The van der Waals surface area contributed by atoms with Crippen molar-refractivity contribution in [3.8, 4) is 0 Å². The van der Waals surface area contributed by atoms with Gasteiger partial charge in [-0.25, -0.2) is 0 Å². The SMILES string of the molecule is OCCN(Cc1ccc(Cl)cn1)C1CC1. The highest BCUT2D eigenvalue weighted by Gasteiger charge is 2.28. The van der Waals surface area contributed by atoms with E-state index in [1.807, 2.05) is 12.1 Å². The second kappa shape index (κ2) is 4.92. The average Bonchev–Trinajstić information content (AvgIpc) is 3.04. The molecule has 1 N–H and O–H groups in total. The number of halogens is 1. The monoisotopic (exact) mass is 226 g/mol. The summed E-state index contributed by atoms with van der Waals surface area (Å²) in [6.07, 6.45) is 4.15. The third kappa shape index (κ3) is 3.16. The van der Waals surface area contributed by atoms with Crippen LogP contribution >= 0.6 is 11.6 Å². The van der Waals surface area contributed by atoms with E-state index >= 15 is 0 Å². The van der Waals surface area contributed by atoms with Gasteiger partial charge in [-0.1, -0.05) is 11.6 Å². The van der Waals surface area contributed by atoms with Crippen LogP contribution in [0.4, 0.5) is 0 Å². The van der Waals surface area contributed by atoms with E-state index in [0.29, 0.717) is 11.1 Å². The number of aliphatic hydroxyl groups is 1. The number of rotatable bonds is 5. The third-order valence-corrected chi connectivity index (χ3v) is 2.83. The largest absolute Gasteiger partial charge is 0.395 e. The molecular formula is C11H15ClN2O. The van der Waals surface area contributed by atoms with Crippen LogP contribution in [-0.4, -0.2) is 34.2 Å². The molecule has 4 heteroatoms. The lowest BCUT2D eigenvalue weighted by molar-refractivity contribution is 0.182. The Morgan fingerprint density at radius 3 is 2.80 bits per heavy atom. The zero-order valence-electron chi connectivity index (χ0n) is 8.56. The molecule has 1 aromatic rings. The van der Waals surface area contributed by atoms with Crippen LogP contribution in [0.5, 0.6) is 0 Å². The number of aromatic nitrogens is 1. The highest BCUT2D eigenvalue weighted by Crippen LogP contribution is 2.27. The predicted molar refractivity (Wildman–Crippen MR) is 59.8 cm³/mol. The lowest BCUT2D eigenvalue weighted by atomic mass is 10.3. The molecule has 0 saturated heterocycles. The van der Waals surface area contributed by atoms with Crippen LogP contribution in [0.15, 0.2) is 18.3 Å². The maximum absolute atomic E-state index is 8.95. The van der Waals surface area contributed by atoms with E-state index in [-0.39, 0.29) is 6.61 Å². The van der Waals surface area contributed by atoms with E-state index in [9.17, 15) is 0 Å². The Morgan fingerprint density at radius 1 is 1.47 bits per heavy atom. The molecular weight excluding hydrogens is 212 g/mol. The average molecular weight is 227 g/mol. The first-order chi connectivity index (χ1) is 7.29. The predicted octanol–water partition coefficient (Wildman–Crippen LogP) is 1.69. The Hall–Kier alpha value is -0.640. The molecule has 1 heterocycles. The Kier molecular flexibility index (Phi) is 3.57. The molecule has 0 amide bonds. The molecule has 15 heavy (non-hydrogen) atoms. The molecule has 3 nitrogen and oxygen atoms in total. The normalized spacial score (nSPS) is 15.9. The summed E-state index contributed by atoms with van der Waals surface area (Å²) in [6, 6.07) is 4.44. The molecule has 0 atom stereocenters. The molecule has 0 aliphatic heterocycles. The van der Waals surface area contributed by atoms with Crippen LogP contribution < -0.4 is 0 Å². The number of hydrogen-bond donors (Lipinski definition) is 1. The molecule has 0 unspecified atom stereocenters. The van der Waals surface area contributed by atoms with E-state index in [1.165, 1.54) is 12.8 Å². The quantitative estimate of drug-likeness (QED) is 0.830. The first-order valence-corrected chi connectivity index (χ1v) is 5.63. The van der Waals surface area contributed by atoms with Gasteiger partial charge in [-0.2, -0.15) is 0 Å². The Labute approximate surface area is 94.7 Å². The summed E-state index contributed by atoms with van der Waals surface area (Å²) in [7, 11) is 0. The first-order valence-electron chi connectivity index (χ1n) is 5.25. The first kappa shape index (κ1) is 10.9. The molecule has 82 valence electrons. The van der Waals surface area contributed by atoms with Crippen molar-refractivity contribution in [1.82, 2.24) is 9.88 Å². The Bertz CT molecular complexity index is 311. The smallest absolute Gasteiger partial charge is 0.0589 e. The van der Waals surface area contributed by atoms with Crippen molar-refractivity contribution in [1.29, 1.82) is 0 Å². The van der Waals surface area contributed by atoms with Gasteiger partial charge in [0.2, 0.25) is 0 Å². The van der Waals surface area contributed by atoms with Gasteiger partial charge in [-0.3, -0.25) is 9.88 Å². The van der Waals surface area contributed by atoms with Gasteiger partial charge >= 0.3 is 0 Å². The van der Waals surface area contributed by atoms with Crippen LogP contribution in [0.2, 0.25) is 5.02 Å². The molecule has 0 radical (unpaired) electrons. The maximum atomic E-state index is 8.95.